The second-order valence-electron chi connectivity index (χ2n) is 6.27. The topological polar surface area (TPSA) is 58.1 Å². The van der Waals surface area contributed by atoms with Crippen LogP contribution in [-0.2, 0) is 6.18 Å². The van der Waals surface area contributed by atoms with Gasteiger partial charge in [0.1, 0.15) is 5.69 Å². The SMILES string of the molecule is Cc1cc(C(=O)N2CCCCC2)nc(Nc2ccc(C(F)(F)F)cc2)n1. The number of hydrogen-bond acceptors (Lipinski definition) is 4. The second kappa shape index (κ2) is 7.31. The minimum absolute atomic E-state index is 0.148. The normalized spacial score (nSPS) is 15.0. The third-order valence-corrected chi connectivity index (χ3v) is 4.18. The molecule has 1 aromatic carbocycles. The summed E-state index contributed by atoms with van der Waals surface area (Å²) in [5.41, 5.74) is 0.581. The van der Waals surface area contributed by atoms with Gasteiger partial charge in [-0.15, -0.1) is 0 Å². The number of piperidine rings is 1. The van der Waals surface area contributed by atoms with Gasteiger partial charge in [-0.25, -0.2) is 9.97 Å². The lowest BCUT2D eigenvalue weighted by Crippen LogP contribution is -2.36. The van der Waals surface area contributed by atoms with Crippen molar-refractivity contribution in [1.82, 2.24) is 14.9 Å². The fourth-order valence-corrected chi connectivity index (χ4v) is 2.86. The maximum atomic E-state index is 12.6. The lowest BCUT2D eigenvalue weighted by Gasteiger charge is -2.26. The number of alkyl halides is 3. The van der Waals surface area contributed by atoms with Crippen LogP contribution < -0.4 is 5.32 Å². The van der Waals surface area contributed by atoms with Crippen LogP contribution in [0.5, 0.6) is 0 Å². The molecule has 3 rings (SSSR count). The van der Waals surface area contributed by atoms with E-state index < -0.39 is 11.7 Å². The van der Waals surface area contributed by atoms with Crippen molar-refractivity contribution in [3.05, 3.63) is 47.3 Å². The van der Waals surface area contributed by atoms with Gasteiger partial charge in [0.25, 0.3) is 5.91 Å². The van der Waals surface area contributed by atoms with Gasteiger partial charge in [-0.2, -0.15) is 13.2 Å². The summed E-state index contributed by atoms with van der Waals surface area (Å²) in [6, 6.07) is 6.20. The summed E-state index contributed by atoms with van der Waals surface area (Å²) in [7, 11) is 0. The molecule has 0 saturated carbocycles. The summed E-state index contributed by atoms with van der Waals surface area (Å²) in [6.07, 6.45) is -1.31. The van der Waals surface area contributed by atoms with Gasteiger partial charge in [0.05, 0.1) is 5.56 Å². The van der Waals surface area contributed by atoms with Crippen LogP contribution in [0.2, 0.25) is 0 Å². The summed E-state index contributed by atoms with van der Waals surface area (Å²) < 4.78 is 37.9. The highest BCUT2D eigenvalue weighted by molar-refractivity contribution is 5.92. The first kappa shape index (κ1) is 18.2. The average Bonchev–Trinajstić information content (AvgIpc) is 2.61. The number of likely N-dealkylation sites (tertiary alicyclic amines) is 1. The predicted octanol–water partition coefficient (Wildman–Crippen LogP) is 4.17. The van der Waals surface area contributed by atoms with E-state index in [1.54, 1.807) is 17.9 Å². The van der Waals surface area contributed by atoms with E-state index in [9.17, 15) is 18.0 Å². The Balaban J connectivity index is 1.78. The number of hydrogen-bond donors (Lipinski definition) is 1. The summed E-state index contributed by atoms with van der Waals surface area (Å²) in [5, 5.41) is 2.86. The maximum absolute atomic E-state index is 12.6. The number of aryl methyl sites for hydroxylation is 1. The van der Waals surface area contributed by atoms with Crippen LogP contribution in [0, 0.1) is 6.92 Å². The van der Waals surface area contributed by atoms with Crippen LogP contribution in [0.4, 0.5) is 24.8 Å². The Labute approximate surface area is 149 Å². The van der Waals surface area contributed by atoms with Gasteiger partial charge >= 0.3 is 6.18 Å². The van der Waals surface area contributed by atoms with E-state index in [1.165, 1.54) is 12.1 Å². The van der Waals surface area contributed by atoms with Gasteiger partial charge in [-0.3, -0.25) is 4.79 Å². The lowest BCUT2D eigenvalue weighted by molar-refractivity contribution is -0.137. The van der Waals surface area contributed by atoms with E-state index >= 15 is 0 Å². The van der Waals surface area contributed by atoms with Crippen molar-refractivity contribution < 1.29 is 18.0 Å². The molecule has 1 fully saturated rings. The van der Waals surface area contributed by atoms with Crippen LogP contribution in [0.25, 0.3) is 0 Å². The molecule has 1 aromatic heterocycles. The Morgan fingerprint density at radius 2 is 1.73 bits per heavy atom. The summed E-state index contributed by atoms with van der Waals surface area (Å²) in [4.78, 5) is 22.8. The monoisotopic (exact) mass is 364 g/mol. The van der Waals surface area contributed by atoms with Crippen molar-refractivity contribution in [3.8, 4) is 0 Å². The van der Waals surface area contributed by atoms with Crippen molar-refractivity contribution in [1.29, 1.82) is 0 Å². The summed E-state index contributed by atoms with van der Waals surface area (Å²) >= 11 is 0. The van der Waals surface area contributed by atoms with Crippen LogP contribution in [0.1, 0.15) is 41.0 Å². The van der Waals surface area contributed by atoms with Crippen LogP contribution in [-0.4, -0.2) is 33.9 Å². The Bertz CT molecular complexity index is 784. The molecule has 1 aliphatic rings. The Morgan fingerprint density at radius 1 is 1.08 bits per heavy atom. The van der Waals surface area contributed by atoms with E-state index in [0.29, 0.717) is 24.5 Å². The molecular formula is C18H19F3N4O. The number of anilines is 2. The Morgan fingerprint density at radius 3 is 2.35 bits per heavy atom. The summed E-state index contributed by atoms with van der Waals surface area (Å²) in [5.74, 6) is 0.0378. The summed E-state index contributed by atoms with van der Waals surface area (Å²) in [6.45, 7) is 3.17. The van der Waals surface area contributed by atoms with Crippen molar-refractivity contribution in [2.45, 2.75) is 32.4 Å². The maximum Gasteiger partial charge on any atom is 0.416 e. The number of aromatic nitrogens is 2. The predicted molar refractivity (Wildman–Crippen MR) is 91.3 cm³/mol. The van der Waals surface area contributed by atoms with E-state index in [-0.39, 0.29) is 17.5 Å². The van der Waals surface area contributed by atoms with E-state index in [0.717, 1.165) is 31.4 Å². The second-order valence-corrected chi connectivity index (χ2v) is 6.27. The molecule has 0 unspecified atom stereocenters. The quantitative estimate of drug-likeness (QED) is 0.888. The van der Waals surface area contributed by atoms with Gasteiger partial charge in [-0.05, 0) is 56.5 Å². The fraction of sp³-hybridized carbons (Fsp3) is 0.389. The van der Waals surface area contributed by atoms with Crippen LogP contribution >= 0.6 is 0 Å². The van der Waals surface area contributed by atoms with E-state index in [4.69, 9.17) is 0 Å². The molecule has 1 N–H and O–H groups in total. The first-order valence-corrected chi connectivity index (χ1v) is 8.42. The standard InChI is InChI=1S/C18H19F3N4O/c1-12-11-15(16(26)25-9-3-2-4-10-25)24-17(22-12)23-14-7-5-13(6-8-14)18(19,20)21/h5-8,11H,2-4,9-10H2,1H3,(H,22,23,24). The van der Waals surface area contributed by atoms with Crippen molar-refractivity contribution in [2.75, 3.05) is 18.4 Å². The van der Waals surface area contributed by atoms with Gasteiger partial charge < -0.3 is 10.2 Å². The molecule has 1 amide bonds. The Hall–Kier alpha value is -2.64. The smallest absolute Gasteiger partial charge is 0.337 e. The lowest BCUT2D eigenvalue weighted by atomic mass is 10.1. The van der Waals surface area contributed by atoms with Crippen molar-refractivity contribution in [3.63, 3.8) is 0 Å². The molecule has 26 heavy (non-hydrogen) atoms. The van der Waals surface area contributed by atoms with Gasteiger partial charge in [0, 0.05) is 24.5 Å². The van der Waals surface area contributed by atoms with Gasteiger partial charge in [0.15, 0.2) is 0 Å². The molecule has 0 radical (unpaired) electrons. The third kappa shape index (κ3) is 4.30. The van der Waals surface area contributed by atoms with Gasteiger partial charge in [0.2, 0.25) is 5.95 Å². The number of amides is 1. The molecular weight excluding hydrogens is 345 g/mol. The van der Waals surface area contributed by atoms with Gasteiger partial charge in [-0.1, -0.05) is 0 Å². The number of nitrogens with zero attached hydrogens (tertiary/aromatic N) is 3. The van der Waals surface area contributed by atoms with Crippen LogP contribution in [0.3, 0.4) is 0 Å². The zero-order chi connectivity index (χ0) is 18.7. The highest BCUT2D eigenvalue weighted by Crippen LogP contribution is 2.30. The first-order chi connectivity index (χ1) is 12.3. The molecule has 5 nitrogen and oxygen atoms in total. The Kier molecular flexibility index (Phi) is 5.11. The van der Waals surface area contributed by atoms with Crippen molar-refractivity contribution >= 4 is 17.5 Å². The molecule has 8 heteroatoms. The zero-order valence-corrected chi connectivity index (χ0v) is 14.3. The van der Waals surface area contributed by atoms with Crippen molar-refractivity contribution in [2.24, 2.45) is 0 Å². The van der Waals surface area contributed by atoms with E-state index in [2.05, 4.69) is 15.3 Å². The number of rotatable bonds is 3. The highest BCUT2D eigenvalue weighted by Gasteiger charge is 2.30. The molecule has 2 aromatic rings. The molecule has 1 saturated heterocycles. The molecule has 2 heterocycles. The average molecular weight is 364 g/mol. The number of halogens is 3. The van der Waals surface area contributed by atoms with E-state index in [1.807, 2.05) is 0 Å². The first-order valence-electron chi connectivity index (χ1n) is 8.42. The number of nitrogens with one attached hydrogen (secondary N) is 1. The number of benzene rings is 1. The highest BCUT2D eigenvalue weighted by atomic mass is 19.4. The number of carbonyl (C=O) groups is 1. The molecule has 138 valence electrons. The molecule has 0 aliphatic carbocycles. The molecule has 0 atom stereocenters. The minimum Gasteiger partial charge on any atom is -0.337 e. The minimum atomic E-state index is -4.38. The largest absolute Gasteiger partial charge is 0.416 e. The third-order valence-electron chi connectivity index (χ3n) is 4.18. The number of carbonyl (C=O) groups excluding carboxylic acids is 1. The molecule has 0 spiro atoms. The molecule has 1 aliphatic heterocycles. The molecule has 0 bridgehead atoms. The zero-order valence-electron chi connectivity index (χ0n) is 14.3. The van der Waals surface area contributed by atoms with Crippen LogP contribution in [0.15, 0.2) is 30.3 Å². The fourth-order valence-electron chi connectivity index (χ4n) is 2.86.